The van der Waals surface area contributed by atoms with Crippen molar-refractivity contribution in [3.05, 3.63) is 0 Å². The van der Waals surface area contributed by atoms with Crippen LogP contribution >= 0.6 is 0 Å². The average molecular weight is 255 g/mol. The maximum Gasteiger partial charge on any atom is 0.422 e. The van der Waals surface area contributed by atoms with Crippen molar-refractivity contribution >= 4 is 11.9 Å². The number of halogens is 3. The summed E-state index contributed by atoms with van der Waals surface area (Å²) in [6.45, 7) is 4.95. The van der Waals surface area contributed by atoms with E-state index in [9.17, 15) is 22.8 Å². The van der Waals surface area contributed by atoms with Gasteiger partial charge in [0.15, 0.2) is 0 Å². The van der Waals surface area contributed by atoms with Gasteiger partial charge in [0.05, 0.1) is 0 Å². The summed E-state index contributed by atoms with van der Waals surface area (Å²) in [5, 5.41) is 10.2. The predicted molar refractivity (Wildman–Crippen MR) is 54.3 cm³/mol. The molecule has 0 spiro atoms. The second-order valence-electron chi connectivity index (χ2n) is 4.62. The minimum absolute atomic E-state index is 0.298. The van der Waals surface area contributed by atoms with Gasteiger partial charge in [-0.05, 0) is 13.3 Å². The normalized spacial score (nSPS) is 16.2. The predicted octanol–water partition coefficient (Wildman–Crippen LogP) is 1.94. The fourth-order valence-corrected chi connectivity index (χ4v) is 0.802. The van der Waals surface area contributed by atoms with Gasteiger partial charge in [0.25, 0.3) is 0 Å². The molecule has 0 aromatic rings. The molecule has 7 heteroatoms. The van der Waals surface area contributed by atoms with Crippen molar-refractivity contribution in [3.8, 4) is 0 Å². The van der Waals surface area contributed by atoms with E-state index in [4.69, 9.17) is 5.11 Å². The lowest BCUT2D eigenvalue weighted by Crippen LogP contribution is -2.63. The zero-order valence-electron chi connectivity index (χ0n) is 10.1. The quantitative estimate of drug-likeness (QED) is 0.806. The molecule has 1 unspecified atom stereocenters. The molecular formula is C10H16F3NO3. The molecule has 0 bridgehead atoms. The fraction of sp³-hybridized carbons (Fsp3) is 0.800. The van der Waals surface area contributed by atoms with E-state index in [2.05, 4.69) is 0 Å². The molecule has 17 heavy (non-hydrogen) atoms. The van der Waals surface area contributed by atoms with E-state index >= 15 is 0 Å². The third-order valence-electron chi connectivity index (χ3n) is 2.86. The van der Waals surface area contributed by atoms with E-state index in [0.29, 0.717) is 13.3 Å². The Morgan fingerprint density at radius 2 is 1.59 bits per heavy atom. The number of alkyl halides is 3. The summed E-state index contributed by atoms with van der Waals surface area (Å²) < 4.78 is 37.8. The summed E-state index contributed by atoms with van der Waals surface area (Å²) in [5.41, 5.74) is -4.32. The first-order valence-electron chi connectivity index (χ1n) is 5.01. The van der Waals surface area contributed by atoms with Crippen molar-refractivity contribution in [3.63, 3.8) is 0 Å². The van der Waals surface area contributed by atoms with E-state index < -0.39 is 29.0 Å². The molecular weight excluding hydrogens is 239 g/mol. The molecule has 1 atom stereocenters. The molecule has 0 heterocycles. The van der Waals surface area contributed by atoms with Gasteiger partial charge in [0.1, 0.15) is 0 Å². The Hall–Kier alpha value is -1.27. The van der Waals surface area contributed by atoms with Crippen LogP contribution in [-0.2, 0) is 9.59 Å². The highest BCUT2D eigenvalue weighted by Crippen LogP contribution is 2.32. The van der Waals surface area contributed by atoms with Gasteiger partial charge in [-0.3, -0.25) is 4.79 Å². The minimum Gasteiger partial charge on any atom is -0.479 e. The maximum absolute atomic E-state index is 12.6. The zero-order chi connectivity index (χ0) is 14.1. The van der Waals surface area contributed by atoms with Gasteiger partial charge >= 0.3 is 12.1 Å². The van der Waals surface area contributed by atoms with Gasteiger partial charge in [-0.25, -0.2) is 4.79 Å². The highest BCUT2D eigenvalue weighted by molar-refractivity contribution is 5.89. The number of carbonyl (C=O) groups excluding carboxylic acids is 1. The zero-order valence-corrected chi connectivity index (χ0v) is 10.1. The summed E-state index contributed by atoms with van der Waals surface area (Å²) >= 11 is 0. The van der Waals surface area contributed by atoms with Gasteiger partial charge in [-0.15, -0.1) is 0 Å². The van der Waals surface area contributed by atoms with Crippen LogP contribution in [0, 0.1) is 5.41 Å². The van der Waals surface area contributed by atoms with Gasteiger partial charge in [-0.1, -0.05) is 20.8 Å². The Morgan fingerprint density at radius 3 is 1.82 bits per heavy atom. The van der Waals surface area contributed by atoms with Crippen molar-refractivity contribution < 1.29 is 27.9 Å². The highest BCUT2D eigenvalue weighted by Gasteiger charge is 2.59. The number of hydrogen-bond acceptors (Lipinski definition) is 2. The lowest BCUT2D eigenvalue weighted by molar-refractivity contribution is -0.208. The number of amides is 1. The van der Waals surface area contributed by atoms with Crippen LogP contribution in [0.2, 0.25) is 0 Å². The number of carbonyl (C=O) groups is 2. The van der Waals surface area contributed by atoms with Crippen LogP contribution in [0.15, 0.2) is 0 Å². The Balaban J connectivity index is 5.19. The first-order valence-corrected chi connectivity index (χ1v) is 5.01. The average Bonchev–Trinajstić information content (AvgIpc) is 2.15. The van der Waals surface area contributed by atoms with E-state index in [-0.39, 0.29) is 0 Å². The number of rotatable bonds is 4. The standard InChI is InChI=1S/C10H16F3NO3/c1-5-8(2,3)6(15)14-9(4,7(16)17)10(11,12)13/h5H2,1-4H3,(H,14,15)(H,16,17). The van der Waals surface area contributed by atoms with Crippen molar-refractivity contribution in [2.24, 2.45) is 5.41 Å². The topological polar surface area (TPSA) is 66.4 Å². The molecule has 1 amide bonds. The number of nitrogens with one attached hydrogen (secondary N) is 1. The van der Waals surface area contributed by atoms with E-state index in [0.717, 1.165) is 0 Å². The first-order chi connectivity index (χ1) is 7.38. The molecule has 0 aliphatic carbocycles. The van der Waals surface area contributed by atoms with Crippen molar-refractivity contribution in [2.45, 2.75) is 45.8 Å². The summed E-state index contributed by atoms with van der Waals surface area (Å²) in [4.78, 5) is 22.3. The van der Waals surface area contributed by atoms with Crippen molar-refractivity contribution in [2.75, 3.05) is 0 Å². The summed E-state index contributed by atoms with van der Waals surface area (Å²) in [6, 6.07) is 0. The molecule has 4 nitrogen and oxygen atoms in total. The third kappa shape index (κ3) is 3.10. The molecule has 0 aromatic carbocycles. The Labute approximate surface area is 97.2 Å². The lowest BCUT2D eigenvalue weighted by Gasteiger charge is -2.32. The van der Waals surface area contributed by atoms with E-state index in [1.165, 1.54) is 13.8 Å². The summed E-state index contributed by atoms with van der Waals surface area (Å²) in [6.07, 6.45) is -4.76. The smallest absolute Gasteiger partial charge is 0.422 e. The molecule has 0 saturated carbocycles. The third-order valence-corrected chi connectivity index (χ3v) is 2.86. The van der Waals surface area contributed by atoms with Gasteiger partial charge in [-0.2, -0.15) is 13.2 Å². The maximum atomic E-state index is 12.6. The van der Waals surface area contributed by atoms with Crippen LogP contribution in [0.5, 0.6) is 0 Å². The number of aliphatic carboxylic acids is 1. The van der Waals surface area contributed by atoms with Crippen LogP contribution in [-0.4, -0.2) is 28.7 Å². The van der Waals surface area contributed by atoms with Gasteiger partial charge in [0.2, 0.25) is 11.4 Å². The highest BCUT2D eigenvalue weighted by atomic mass is 19.4. The second kappa shape index (κ2) is 4.54. The summed E-state index contributed by atoms with van der Waals surface area (Å²) in [7, 11) is 0. The molecule has 0 rings (SSSR count). The molecule has 0 fully saturated rings. The first kappa shape index (κ1) is 15.7. The number of hydrogen-bond donors (Lipinski definition) is 2. The Morgan fingerprint density at radius 1 is 1.18 bits per heavy atom. The van der Waals surface area contributed by atoms with Gasteiger partial charge in [0, 0.05) is 5.41 Å². The Bertz CT molecular complexity index is 325. The SMILES string of the molecule is CCC(C)(C)C(=O)NC(C)(C(=O)O)C(F)(F)F. The molecule has 0 aliphatic heterocycles. The second-order valence-corrected chi connectivity index (χ2v) is 4.62. The molecule has 100 valence electrons. The number of carboxylic acids is 1. The molecule has 0 aliphatic rings. The van der Waals surface area contributed by atoms with Crippen molar-refractivity contribution in [1.82, 2.24) is 5.32 Å². The molecule has 0 aromatic heterocycles. The summed E-state index contributed by atoms with van der Waals surface area (Å²) in [5.74, 6) is -3.08. The van der Waals surface area contributed by atoms with Crippen LogP contribution in [0.25, 0.3) is 0 Å². The van der Waals surface area contributed by atoms with E-state index in [1.807, 2.05) is 0 Å². The van der Waals surface area contributed by atoms with Crippen LogP contribution < -0.4 is 5.32 Å². The molecule has 2 N–H and O–H groups in total. The lowest BCUT2D eigenvalue weighted by atomic mass is 9.87. The minimum atomic E-state index is -5.06. The van der Waals surface area contributed by atoms with Gasteiger partial charge < -0.3 is 10.4 Å². The molecule has 0 radical (unpaired) electrons. The monoisotopic (exact) mass is 255 g/mol. The van der Waals surface area contributed by atoms with Crippen LogP contribution in [0.1, 0.15) is 34.1 Å². The largest absolute Gasteiger partial charge is 0.479 e. The van der Waals surface area contributed by atoms with Crippen LogP contribution in [0.4, 0.5) is 13.2 Å². The molecule has 0 saturated heterocycles. The van der Waals surface area contributed by atoms with Crippen molar-refractivity contribution in [1.29, 1.82) is 0 Å². The van der Waals surface area contributed by atoms with E-state index in [1.54, 1.807) is 12.2 Å². The fourth-order valence-electron chi connectivity index (χ4n) is 0.802. The Kier molecular flexibility index (Phi) is 4.20. The number of carboxylic acid groups (broad SMARTS) is 1. The van der Waals surface area contributed by atoms with Crippen LogP contribution in [0.3, 0.4) is 0 Å².